The Kier molecular flexibility index (Phi) is 6.88. The SMILES string of the molecule is CCC(C)[C@H](NC(=O)c1ccccc1CCNC)C(=O)O. The van der Waals surface area contributed by atoms with E-state index in [0.29, 0.717) is 12.0 Å². The van der Waals surface area contributed by atoms with Crippen molar-refractivity contribution < 1.29 is 14.7 Å². The van der Waals surface area contributed by atoms with Crippen LogP contribution in [-0.4, -0.2) is 36.6 Å². The highest BCUT2D eigenvalue weighted by Crippen LogP contribution is 2.12. The first-order chi connectivity index (χ1) is 10.0. The molecule has 0 fully saturated rings. The first kappa shape index (κ1) is 17.2. The fourth-order valence-electron chi connectivity index (χ4n) is 2.12. The molecule has 1 aromatic rings. The summed E-state index contributed by atoms with van der Waals surface area (Å²) in [5.41, 5.74) is 1.46. The second kappa shape index (κ2) is 8.42. The Morgan fingerprint density at radius 3 is 2.52 bits per heavy atom. The minimum atomic E-state index is -0.995. The van der Waals surface area contributed by atoms with E-state index < -0.39 is 12.0 Å². The average molecular weight is 292 g/mol. The Bertz CT molecular complexity index is 488. The van der Waals surface area contributed by atoms with Gasteiger partial charge in [-0.2, -0.15) is 0 Å². The topological polar surface area (TPSA) is 78.4 Å². The molecule has 0 heterocycles. The van der Waals surface area contributed by atoms with Crippen LogP contribution in [0.2, 0.25) is 0 Å². The maximum atomic E-state index is 12.4. The van der Waals surface area contributed by atoms with E-state index in [4.69, 9.17) is 0 Å². The molecule has 1 amide bonds. The number of carboxylic acid groups (broad SMARTS) is 1. The lowest BCUT2D eigenvalue weighted by atomic mass is 9.98. The van der Waals surface area contributed by atoms with Gasteiger partial charge in [-0.05, 0) is 37.6 Å². The maximum absolute atomic E-state index is 12.4. The van der Waals surface area contributed by atoms with Gasteiger partial charge in [-0.3, -0.25) is 4.79 Å². The molecule has 0 aliphatic heterocycles. The molecular formula is C16H24N2O3. The summed E-state index contributed by atoms with van der Waals surface area (Å²) in [6.07, 6.45) is 1.42. The van der Waals surface area contributed by atoms with E-state index in [0.717, 1.165) is 18.5 Å². The third-order valence-corrected chi connectivity index (χ3v) is 3.67. The number of likely N-dealkylation sites (N-methyl/N-ethyl adjacent to an activating group) is 1. The molecule has 0 bridgehead atoms. The van der Waals surface area contributed by atoms with Gasteiger partial charge in [0, 0.05) is 5.56 Å². The van der Waals surface area contributed by atoms with E-state index >= 15 is 0 Å². The highest BCUT2D eigenvalue weighted by Gasteiger charge is 2.26. The number of carbonyl (C=O) groups excluding carboxylic acids is 1. The van der Waals surface area contributed by atoms with Gasteiger partial charge in [0.2, 0.25) is 0 Å². The highest BCUT2D eigenvalue weighted by atomic mass is 16.4. The molecule has 21 heavy (non-hydrogen) atoms. The Labute approximate surface area is 125 Å². The third kappa shape index (κ3) is 4.86. The van der Waals surface area contributed by atoms with Gasteiger partial charge in [-0.25, -0.2) is 4.79 Å². The van der Waals surface area contributed by atoms with Crippen LogP contribution in [-0.2, 0) is 11.2 Å². The van der Waals surface area contributed by atoms with E-state index in [1.165, 1.54) is 0 Å². The summed E-state index contributed by atoms with van der Waals surface area (Å²) in [5.74, 6) is -1.43. The first-order valence-electron chi connectivity index (χ1n) is 7.27. The molecule has 1 rings (SSSR count). The van der Waals surface area contributed by atoms with Crippen molar-refractivity contribution in [2.24, 2.45) is 5.92 Å². The second-order valence-corrected chi connectivity index (χ2v) is 5.19. The minimum absolute atomic E-state index is 0.115. The van der Waals surface area contributed by atoms with Crippen molar-refractivity contribution in [3.05, 3.63) is 35.4 Å². The summed E-state index contributed by atoms with van der Waals surface area (Å²) in [5, 5.41) is 14.9. The predicted octanol–water partition coefficient (Wildman–Crippen LogP) is 1.68. The van der Waals surface area contributed by atoms with Crippen LogP contribution in [0.5, 0.6) is 0 Å². The molecule has 1 unspecified atom stereocenters. The second-order valence-electron chi connectivity index (χ2n) is 5.19. The number of nitrogens with one attached hydrogen (secondary N) is 2. The van der Waals surface area contributed by atoms with Crippen LogP contribution in [0.4, 0.5) is 0 Å². The van der Waals surface area contributed by atoms with E-state index in [1.54, 1.807) is 12.1 Å². The molecular weight excluding hydrogens is 268 g/mol. The number of amides is 1. The monoisotopic (exact) mass is 292 g/mol. The lowest BCUT2D eigenvalue weighted by Gasteiger charge is -2.21. The highest BCUT2D eigenvalue weighted by molar-refractivity contribution is 5.97. The predicted molar refractivity (Wildman–Crippen MR) is 82.4 cm³/mol. The molecule has 0 saturated carbocycles. The Balaban J connectivity index is 2.90. The standard InChI is InChI=1S/C16H24N2O3/c1-4-11(2)14(16(20)21)18-15(19)13-8-6-5-7-12(13)9-10-17-3/h5-8,11,14,17H,4,9-10H2,1-3H3,(H,18,19)(H,20,21)/t11?,14-/m0/s1. The Morgan fingerprint density at radius 1 is 1.29 bits per heavy atom. The van der Waals surface area contributed by atoms with Gasteiger partial charge in [0.25, 0.3) is 5.91 Å². The summed E-state index contributed by atoms with van der Waals surface area (Å²) in [4.78, 5) is 23.7. The molecule has 1 aromatic carbocycles. The van der Waals surface area contributed by atoms with Crippen molar-refractivity contribution in [2.75, 3.05) is 13.6 Å². The van der Waals surface area contributed by atoms with Crippen LogP contribution in [0.3, 0.4) is 0 Å². The Hall–Kier alpha value is -1.88. The number of hydrogen-bond donors (Lipinski definition) is 3. The largest absolute Gasteiger partial charge is 0.480 e. The van der Waals surface area contributed by atoms with Gasteiger partial charge in [0.15, 0.2) is 0 Å². The maximum Gasteiger partial charge on any atom is 0.326 e. The molecule has 2 atom stereocenters. The van der Waals surface area contributed by atoms with Crippen molar-refractivity contribution in [2.45, 2.75) is 32.7 Å². The number of carboxylic acids is 1. The summed E-state index contributed by atoms with van der Waals surface area (Å²) >= 11 is 0. The van der Waals surface area contributed by atoms with Gasteiger partial charge in [-0.1, -0.05) is 38.5 Å². The van der Waals surface area contributed by atoms with Crippen molar-refractivity contribution in [3.63, 3.8) is 0 Å². The summed E-state index contributed by atoms with van der Waals surface area (Å²) in [6.45, 7) is 4.50. The number of benzene rings is 1. The van der Waals surface area contributed by atoms with Crippen molar-refractivity contribution >= 4 is 11.9 Å². The van der Waals surface area contributed by atoms with E-state index in [-0.39, 0.29) is 11.8 Å². The summed E-state index contributed by atoms with van der Waals surface area (Å²) in [7, 11) is 1.85. The van der Waals surface area contributed by atoms with Crippen molar-refractivity contribution in [3.8, 4) is 0 Å². The van der Waals surface area contributed by atoms with Crippen LogP contribution in [0.1, 0.15) is 36.2 Å². The average Bonchev–Trinajstić information content (AvgIpc) is 2.49. The normalized spacial score (nSPS) is 13.5. The summed E-state index contributed by atoms with van der Waals surface area (Å²) < 4.78 is 0. The van der Waals surface area contributed by atoms with Crippen LogP contribution in [0, 0.1) is 5.92 Å². The zero-order valence-electron chi connectivity index (χ0n) is 12.8. The van der Waals surface area contributed by atoms with Crippen LogP contribution >= 0.6 is 0 Å². The third-order valence-electron chi connectivity index (χ3n) is 3.67. The molecule has 116 valence electrons. The molecule has 0 aliphatic rings. The minimum Gasteiger partial charge on any atom is -0.480 e. The summed E-state index contributed by atoms with van der Waals surface area (Å²) in [6, 6.07) is 6.43. The number of rotatable bonds is 8. The van der Waals surface area contributed by atoms with Crippen LogP contribution in [0.25, 0.3) is 0 Å². The zero-order chi connectivity index (χ0) is 15.8. The van der Waals surface area contributed by atoms with Gasteiger partial charge in [0.05, 0.1) is 0 Å². The molecule has 0 aromatic heterocycles. The molecule has 0 saturated heterocycles. The molecule has 3 N–H and O–H groups in total. The number of aliphatic carboxylic acids is 1. The fraction of sp³-hybridized carbons (Fsp3) is 0.500. The van der Waals surface area contributed by atoms with Crippen molar-refractivity contribution in [1.29, 1.82) is 0 Å². The smallest absolute Gasteiger partial charge is 0.326 e. The first-order valence-corrected chi connectivity index (χ1v) is 7.27. The molecule has 5 nitrogen and oxygen atoms in total. The molecule has 0 aliphatic carbocycles. The van der Waals surface area contributed by atoms with Gasteiger partial charge in [-0.15, -0.1) is 0 Å². The van der Waals surface area contributed by atoms with Crippen LogP contribution in [0.15, 0.2) is 24.3 Å². The molecule has 5 heteroatoms. The fourth-order valence-corrected chi connectivity index (χ4v) is 2.12. The number of carbonyl (C=O) groups is 2. The Morgan fingerprint density at radius 2 is 1.95 bits per heavy atom. The zero-order valence-corrected chi connectivity index (χ0v) is 12.8. The lowest BCUT2D eigenvalue weighted by Crippen LogP contribution is -2.45. The van der Waals surface area contributed by atoms with Crippen molar-refractivity contribution in [1.82, 2.24) is 10.6 Å². The van der Waals surface area contributed by atoms with Gasteiger partial charge < -0.3 is 15.7 Å². The van der Waals surface area contributed by atoms with Gasteiger partial charge in [0.1, 0.15) is 6.04 Å². The number of hydrogen-bond acceptors (Lipinski definition) is 3. The molecule has 0 spiro atoms. The van der Waals surface area contributed by atoms with E-state index in [9.17, 15) is 14.7 Å². The van der Waals surface area contributed by atoms with Crippen LogP contribution < -0.4 is 10.6 Å². The van der Waals surface area contributed by atoms with Gasteiger partial charge >= 0.3 is 5.97 Å². The van der Waals surface area contributed by atoms with E-state index in [2.05, 4.69) is 10.6 Å². The lowest BCUT2D eigenvalue weighted by molar-refractivity contribution is -0.140. The molecule has 0 radical (unpaired) electrons. The quantitative estimate of drug-likeness (QED) is 0.681. The van der Waals surface area contributed by atoms with E-state index in [1.807, 2.05) is 33.0 Å².